The molecule has 90 valence electrons. The first-order valence-electron chi connectivity index (χ1n) is 4.83. The second kappa shape index (κ2) is 5.02. The minimum Gasteiger partial charge on any atom is -0.355 e. The Bertz CT molecular complexity index is 341. The number of aromatic amines is 1. The Hall–Kier alpha value is -1.50. The van der Waals surface area contributed by atoms with Gasteiger partial charge in [-0.05, 0) is 6.92 Å². The van der Waals surface area contributed by atoms with Gasteiger partial charge in [-0.15, -0.1) is 0 Å². The predicted octanol–water partition coefficient (Wildman–Crippen LogP) is 0.0509. The van der Waals surface area contributed by atoms with Crippen molar-refractivity contribution in [2.24, 2.45) is 5.73 Å². The Kier molecular flexibility index (Phi) is 3.94. The molecule has 0 bridgehead atoms. The molecule has 1 unspecified atom stereocenters. The first-order chi connectivity index (χ1) is 7.50. The highest BCUT2D eigenvalue weighted by atomic mass is 19.3. The number of H-pyrrole nitrogens is 1. The van der Waals surface area contributed by atoms with Gasteiger partial charge in [0.25, 0.3) is 6.43 Å². The third kappa shape index (κ3) is 2.54. The van der Waals surface area contributed by atoms with Crippen molar-refractivity contribution in [1.82, 2.24) is 15.3 Å². The van der Waals surface area contributed by atoms with Crippen LogP contribution in [0.15, 0.2) is 12.5 Å². The first-order valence-corrected chi connectivity index (χ1v) is 4.83. The van der Waals surface area contributed by atoms with E-state index in [1.807, 2.05) is 0 Å². The summed E-state index contributed by atoms with van der Waals surface area (Å²) in [4.78, 5) is 17.8. The van der Waals surface area contributed by atoms with E-state index in [4.69, 9.17) is 5.73 Å². The van der Waals surface area contributed by atoms with E-state index >= 15 is 0 Å². The van der Waals surface area contributed by atoms with E-state index in [1.165, 1.54) is 12.5 Å². The molecule has 0 aliphatic heterocycles. The van der Waals surface area contributed by atoms with Crippen LogP contribution >= 0.6 is 0 Å². The van der Waals surface area contributed by atoms with Crippen LogP contribution in [0.5, 0.6) is 0 Å². The van der Waals surface area contributed by atoms with E-state index in [9.17, 15) is 13.6 Å². The van der Waals surface area contributed by atoms with Crippen LogP contribution < -0.4 is 11.1 Å². The number of rotatable bonds is 5. The maximum Gasteiger partial charge on any atom is 0.265 e. The molecule has 0 aliphatic rings. The zero-order valence-corrected chi connectivity index (χ0v) is 8.84. The van der Waals surface area contributed by atoms with Crippen molar-refractivity contribution in [3.63, 3.8) is 0 Å². The standard InChI is InChI=1S/C9H14F2N4O/c1-2-14-8(16)9(12,7(10)11)3-6-4-13-5-15-6/h4-5,7H,2-3,12H2,1H3,(H,13,15)(H,14,16). The number of hydrogen-bond acceptors (Lipinski definition) is 3. The van der Waals surface area contributed by atoms with Crippen molar-refractivity contribution in [3.8, 4) is 0 Å². The summed E-state index contributed by atoms with van der Waals surface area (Å²) >= 11 is 0. The Labute approximate surface area is 91.4 Å². The zero-order valence-electron chi connectivity index (χ0n) is 8.84. The average Bonchev–Trinajstić information content (AvgIpc) is 2.70. The summed E-state index contributed by atoms with van der Waals surface area (Å²) in [5, 5.41) is 2.30. The van der Waals surface area contributed by atoms with Gasteiger partial charge in [-0.2, -0.15) is 0 Å². The summed E-state index contributed by atoms with van der Waals surface area (Å²) in [6, 6.07) is 0. The highest BCUT2D eigenvalue weighted by Crippen LogP contribution is 2.18. The molecule has 0 fully saturated rings. The number of alkyl halides is 2. The van der Waals surface area contributed by atoms with E-state index in [1.54, 1.807) is 6.92 Å². The lowest BCUT2D eigenvalue weighted by atomic mass is 9.94. The van der Waals surface area contributed by atoms with E-state index in [2.05, 4.69) is 15.3 Å². The molecule has 0 saturated heterocycles. The number of hydrogen-bond donors (Lipinski definition) is 3. The minimum atomic E-state index is -2.94. The predicted molar refractivity (Wildman–Crippen MR) is 53.9 cm³/mol. The lowest BCUT2D eigenvalue weighted by Crippen LogP contribution is -2.60. The number of likely N-dealkylation sites (N-methyl/N-ethyl adjacent to an activating group) is 1. The van der Waals surface area contributed by atoms with Gasteiger partial charge in [-0.1, -0.05) is 0 Å². The quantitative estimate of drug-likeness (QED) is 0.670. The molecule has 0 aromatic carbocycles. The molecule has 0 aliphatic carbocycles. The van der Waals surface area contributed by atoms with Gasteiger partial charge >= 0.3 is 0 Å². The number of halogens is 2. The molecule has 1 heterocycles. The van der Waals surface area contributed by atoms with Crippen LogP contribution in [-0.4, -0.2) is 34.4 Å². The van der Waals surface area contributed by atoms with Crippen molar-refractivity contribution in [2.45, 2.75) is 25.3 Å². The number of aromatic nitrogens is 2. The van der Waals surface area contributed by atoms with Crippen LogP contribution in [0, 0.1) is 0 Å². The van der Waals surface area contributed by atoms with Crippen LogP contribution in [0.3, 0.4) is 0 Å². The molecule has 1 aromatic rings. The monoisotopic (exact) mass is 232 g/mol. The summed E-state index contributed by atoms with van der Waals surface area (Å²) in [5.74, 6) is -0.861. The van der Waals surface area contributed by atoms with E-state index < -0.39 is 17.9 Å². The Morgan fingerprint density at radius 2 is 2.44 bits per heavy atom. The number of carbonyl (C=O) groups is 1. The Morgan fingerprint density at radius 1 is 1.75 bits per heavy atom. The van der Waals surface area contributed by atoms with Crippen LogP contribution in [0.2, 0.25) is 0 Å². The SMILES string of the molecule is CCNC(=O)C(N)(Cc1cnc[nH]1)C(F)F. The molecule has 7 heteroatoms. The fourth-order valence-electron chi connectivity index (χ4n) is 1.28. The number of amides is 1. The summed E-state index contributed by atoms with van der Waals surface area (Å²) in [5.41, 5.74) is 3.63. The van der Waals surface area contributed by atoms with Crippen molar-refractivity contribution in [1.29, 1.82) is 0 Å². The van der Waals surface area contributed by atoms with E-state index in [-0.39, 0.29) is 13.0 Å². The number of carbonyl (C=O) groups excluding carboxylic acids is 1. The Balaban J connectivity index is 2.84. The molecule has 5 nitrogen and oxygen atoms in total. The van der Waals surface area contributed by atoms with Crippen LogP contribution in [0.1, 0.15) is 12.6 Å². The summed E-state index contributed by atoms with van der Waals surface area (Å²) in [6.45, 7) is 1.90. The maximum absolute atomic E-state index is 12.8. The fraction of sp³-hybridized carbons (Fsp3) is 0.556. The molecular weight excluding hydrogens is 218 g/mol. The van der Waals surface area contributed by atoms with Crippen molar-refractivity contribution < 1.29 is 13.6 Å². The second-order valence-electron chi connectivity index (χ2n) is 3.45. The zero-order chi connectivity index (χ0) is 12.2. The average molecular weight is 232 g/mol. The van der Waals surface area contributed by atoms with Crippen molar-refractivity contribution in [2.75, 3.05) is 6.54 Å². The minimum absolute atomic E-state index is 0.257. The molecule has 0 spiro atoms. The highest BCUT2D eigenvalue weighted by Gasteiger charge is 2.43. The van der Waals surface area contributed by atoms with E-state index in [0.717, 1.165) is 0 Å². The normalized spacial score (nSPS) is 14.8. The summed E-state index contributed by atoms with van der Waals surface area (Å²) in [6.07, 6.45) is -0.513. The van der Waals surface area contributed by atoms with Gasteiger partial charge in [0.05, 0.1) is 6.33 Å². The Morgan fingerprint density at radius 3 is 2.88 bits per heavy atom. The second-order valence-corrected chi connectivity index (χ2v) is 3.45. The first kappa shape index (κ1) is 12.6. The molecule has 0 saturated carbocycles. The largest absolute Gasteiger partial charge is 0.355 e. The summed E-state index contributed by atoms with van der Waals surface area (Å²) < 4.78 is 25.7. The van der Waals surface area contributed by atoms with E-state index in [0.29, 0.717) is 5.69 Å². The molecule has 16 heavy (non-hydrogen) atoms. The lowest BCUT2D eigenvalue weighted by molar-refractivity contribution is -0.132. The third-order valence-corrected chi connectivity index (χ3v) is 2.19. The molecule has 0 radical (unpaired) electrons. The van der Waals surface area contributed by atoms with Gasteiger partial charge in [0.15, 0.2) is 5.54 Å². The van der Waals surface area contributed by atoms with Gasteiger partial charge in [-0.3, -0.25) is 4.79 Å². The molecule has 1 amide bonds. The number of nitrogens with two attached hydrogens (primary N) is 1. The number of imidazole rings is 1. The molecule has 1 rings (SSSR count). The lowest BCUT2D eigenvalue weighted by Gasteiger charge is -2.26. The topological polar surface area (TPSA) is 83.8 Å². The molecule has 1 atom stereocenters. The molecule has 1 aromatic heterocycles. The van der Waals surface area contributed by atoms with Crippen LogP contribution in [0.25, 0.3) is 0 Å². The van der Waals surface area contributed by atoms with Crippen molar-refractivity contribution >= 4 is 5.91 Å². The smallest absolute Gasteiger partial charge is 0.265 e. The third-order valence-electron chi connectivity index (χ3n) is 2.19. The van der Waals surface area contributed by atoms with Crippen LogP contribution in [0.4, 0.5) is 8.78 Å². The maximum atomic E-state index is 12.8. The number of nitrogens with one attached hydrogen (secondary N) is 2. The number of nitrogens with zero attached hydrogens (tertiary/aromatic N) is 1. The highest BCUT2D eigenvalue weighted by molar-refractivity contribution is 5.86. The van der Waals surface area contributed by atoms with Gasteiger partial charge in [0.2, 0.25) is 5.91 Å². The molecular formula is C9H14F2N4O. The van der Waals surface area contributed by atoms with Gasteiger partial charge < -0.3 is 16.0 Å². The van der Waals surface area contributed by atoms with Gasteiger partial charge in [-0.25, -0.2) is 13.8 Å². The van der Waals surface area contributed by atoms with Gasteiger partial charge in [0.1, 0.15) is 0 Å². The summed E-state index contributed by atoms with van der Waals surface area (Å²) in [7, 11) is 0. The van der Waals surface area contributed by atoms with Gasteiger partial charge in [0, 0.05) is 24.9 Å². The molecule has 4 N–H and O–H groups in total. The van der Waals surface area contributed by atoms with Crippen molar-refractivity contribution in [3.05, 3.63) is 18.2 Å². The van der Waals surface area contributed by atoms with Crippen LogP contribution in [-0.2, 0) is 11.2 Å². The fourth-order valence-corrected chi connectivity index (χ4v) is 1.28.